The summed E-state index contributed by atoms with van der Waals surface area (Å²) >= 11 is 0. The van der Waals surface area contributed by atoms with E-state index in [2.05, 4.69) is 20.7 Å². The number of benzene rings is 1. The van der Waals surface area contributed by atoms with Gasteiger partial charge in [0.15, 0.2) is 0 Å². The monoisotopic (exact) mass is 347 g/mol. The molecule has 0 bridgehead atoms. The fourth-order valence-corrected chi connectivity index (χ4v) is 2.98. The summed E-state index contributed by atoms with van der Waals surface area (Å²) in [6.45, 7) is 2.73. The van der Waals surface area contributed by atoms with E-state index in [9.17, 15) is 9.59 Å². The first kappa shape index (κ1) is 16.0. The number of carbonyl (C=O) groups is 2. The molecule has 130 valence electrons. The molecule has 0 radical (unpaired) electrons. The van der Waals surface area contributed by atoms with Gasteiger partial charge in [0.25, 0.3) is 5.91 Å². The van der Waals surface area contributed by atoms with Crippen molar-refractivity contribution in [1.29, 1.82) is 0 Å². The van der Waals surface area contributed by atoms with Gasteiger partial charge in [-0.15, -0.1) is 0 Å². The summed E-state index contributed by atoms with van der Waals surface area (Å²) in [5.74, 6) is -0.224. The highest BCUT2D eigenvalue weighted by molar-refractivity contribution is 5.94. The highest BCUT2D eigenvalue weighted by Crippen LogP contribution is 2.26. The number of carbonyl (C=O) groups excluding carboxylic acids is 2. The SMILES string of the molecule is CC(=O)Nc1cccc(-c2cc(-c3cc4n(n3)CCNC4=O)ccn2)c1. The average Bonchev–Trinajstić information content (AvgIpc) is 3.07. The van der Waals surface area contributed by atoms with Gasteiger partial charge in [-0.1, -0.05) is 12.1 Å². The number of pyridine rings is 1. The van der Waals surface area contributed by atoms with Crippen LogP contribution in [0.2, 0.25) is 0 Å². The summed E-state index contributed by atoms with van der Waals surface area (Å²) in [5, 5.41) is 10.1. The topological polar surface area (TPSA) is 88.9 Å². The molecule has 26 heavy (non-hydrogen) atoms. The minimum Gasteiger partial charge on any atom is -0.349 e. The summed E-state index contributed by atoms with van der Waals surface area (Å²) in [6.07, 6.45) is 1.72. The van der Waals surface area contributed by atoms with Crippen LogP contribution >= 0.6 is 0 Å². The first-order valence-electron chi connectivity index (χ1n) is 8.31. The van der Waals surface area contributed by atoms with Crippen molar-refractivity contribution in [1.82, 2.24) is 20.1 Å². The molecule has 1 aromatic carbocycles. The summed E-state index contributed by atoms with van der Waals surface area (Å²) in [5.41, 5.74) is 4.56. The van der Waals surface area contributed by atoms with Crippen LogP contribution in [0.1, 0.15) is 17.4 Å². The molecule has 0 fully saturated rings. The van der Waals surface area contributed by atoms with Crippen molar-refractivity contribution in [3.63, 3.8) is 0 Å². The summed E-state index contributed by atoms with van der Waals surface area (Å²) in [6, 6.07) is 13.1. The van der Waals surface area contributed by atoms with Crippen molar-refractivity contribution >= 4 is 17.5 Å². The van der Waals surface area contributed by atoms with E-state index in [1.54, 1.807) is 16.9 Å². The zero-order valence-corrected chi connectivity index (χ0v) is 14.2. The molecular formula is C19H17N5O2. The van der Waals surface area contributed by atoms with E-state index < -0.39 is 0 Å². The van der Waals surface area contributed by atoms with Crippen LogP contribution in [-0.2, 0) is 11.3 Å². The van der Waals surface area contributed by atoms with Crippen LogP contribution in [0.25, 0.3) is 22.5 Å². The molecule has 1 aliphatic rings. The van der Waals surface area contributed by atoms with Gasteiger partial charge in [0.2, 0.25) is 5.91 Å². The Balaban J connectivity index is 1.69. The van der Waals surface area contributed by atoms with Crippen LogP contribution in [0.4, 0.5) is 5.69 Å². The van der Waals surface area contributed by atoms with E-state index in [4.69, 9.17) is 0 Å². The summed E-state index contributed by atoms with van der Waals surface area (Å²) < 4.78 is 1.73. The molecule has 0 saturated heterocycles. The van der Waals surface area contributed by atoms with Crippen LogP contribution < -0.4 is 10.6 Å². The number of nitrogens with one attached hydrogen (secondary N) is 2. The first-order chi connectivity index (χ1) is 12.6. The standard InChI is InChI=1S/C19H17N5O2/c1-12(25)22-15-4-2-3-13(9-15)16-10-14(5-6-20-16)17-11-18-19(26)21-7-8-24(18)23-17/h2-6,9-11H,7-8H2,1H3,(H,21,26)(H,22,25). The smallest absolute Gasteiger partial charge is 0.269 e. The molecule has 4 rings (SSSR count). The van der Waals surface area contributed by atoms with Gasteiger partial charge < -0.3 is 10.6 Å². The predicted octanol–water partition coefficient (Wildman–Crippen LogP) is 2.31. The molecule has 0 aliphatic carbocycles. The maximum Gasteiger partial charge on any atom is 0.269 e. The largest absolute Gasteiger partial charge is 0.349 e. The molecule has 3 aromatic rings. The molecule has 1 aliphatic heterocycles. The number of anilines is 1. The molecule has 3 heterocycles. The normalized spacial score (nSPS) is 13.0. The van der Waals surface area contributed by atoms with E-state index in [0.717, 1.165) is 28.2 Å². The average molecular weight is 347 g/mol. The van der Waals surface area contributed by atoms with E-state index in [-0.39, 0.29) is 11.8 Å². The van der Waals surface area contributed by atoms with Crippen molar-refractivity contribution in [3.8, 4) is 22.5 Å². The Hall–Kier alpha value is -3.48. The lowest BCUT2D eigenvalue weighted by Gasteiger charge is -2.13. The van der Waals surface area contributed by atoms with E-state index in [1.165, 1.54) is 6.92 Å². The van der Waals surface area contributed by atoms with Crippen LogP contribution in [0.15, 0.2) is 48.7 Å². The Bertz CT molecular complexity index is 1010. The molecule has 2 N–H and O–H groups in total. The number of hydrogen-bond donors (Lipinski definition) is 2. The molecule has 2 aromatic heterocycles. The number of hydrogen-bond acceptors (Lipinski definition) is 4. The highest BCUT2D eigenvalue weighted by atomic mass is 16.2. The van der Waals surface area contributed by atoms with Gasteiger partial charge in [0.05, 0.1) is 17.9 Å². The molecular weight excluding hydrogens is 330 g/mol. The van der Waals surface area contributed by atoms with Gasteiger partial charge in [0, 0.05) is 36.5 Å². The van der Waals surface area contributed by atoms with Crippen molar-refractivity contribution in [3.05, 3.63) is 54.4 Å². The van der Waals surface area contributed by atoms with Gasteiger partial charge in [-0.2, -0.15) is 5.10 Å². The molecule has 2 amide bonds. The molecule has 7 heteroatoms. The van der Waals surface area contributed by atoms with Crippen LogP contribution in [0.3, 0.4) is 0 Å². The minimum absolute atomic E-state index is 0.104. The van der Waals surface area contributed by atoms with Gasteiger partial charge in [0.1, 0.15) is 5.69 Å². The minimum atomic E-state index is -0.120. The Labute approximate surface area is 150 Å². The van der Waals surface area contributed by atoms with Crippen LogP contribution in [0, 0.1) is 0 Å². The number of nitrogens with zero attached hydrogens (tertiary/aromatic N) is 3. The maximum atomic E-state index is 11.9. The lowest BCUT2D eigenvalue weighted by atomic mass is 10.1. The van der Waals surface area contributed by atoms with Gasteiger partial charge >= 0.3 is 0 Å². The Morgan fingerprint density at radius 3 is 2.81 bits per heavy atom. The predicted molar refractivity (Wildman–Crippen MR) is 97.5 cm³/mol. The molecule has 0 spiro atoms. The quantitative estimate of drug-likeness (QED) is 0.761. The second kappa shape index (κ2) is 6.44. The Morgan fingerprint density at radius 2 is 2.00 bits per heavy atom. The third-order valence-corrected chi connectivity index (χ3v) is 4.16. The maximum absolute atomic E-state index is 11.9. The third-order valence-electron chi connectivity index (χ3n) is 4.16. The highest BCUT2D eigenvalue weighted by Gasteiger charge is 2.20. The van der Waals surface area contributed by atoms with Gasteiger partial charge in [-0.25, -0.2) is 0 Å². The number of aromatic nitrogens is 3. The third kappa shape index (κ3) is 3.06. The Kier molecular flexibility index (Phi) is 3.96. The second-order valence-corrected chi connectivity index (χ2v) is 6.09. The summed E-state index contributed by atoms with van der Waals surface area (Å²) in [4.78, 5) is 27.6. The molecule has 0 saturated carbocycles. The Morgan fingerprint density at radius 1 is 1.15 bits per heavy atom. The number of fused-ring (bicyclic) bond motifs is 1. The van der Waals surface area contributed by atoms with Crippen molar-refractivity contribution in [2.75, 3.05) is 11.9 Å². The zero-order chi connectivity index (χ0) is 18.1. The van der Waals surface area contributed by atoms with Crippen LogP contribution in [-0.4, -0.2) is 33.1 Å². The van der Waals surface area contributed by atoms with Crippen molar-refractivity contribution in [2.45, 2.75) is 13.5 Å². The fourth-order valence-electron chi connectivity index (χ4n) is 2.98. The lowest BCUT2D eigenvalue weighted by molar-refractivity contribution is -0.114. The molecule has 0 atom stereocenters. The van der Waals surface area contributed by atoms with Crippen molar-refractivity contribution < 1.29 is 9.59 Å². The van der Waals surface area contributed by atoms with Gasteiger partial charge in [-0.3, -0.25) is 19.3 Å². The second-order valence-electron chi connectivity index (χ2n) is 6.09. The fraction of sp³-hybridized carbons (Fsp3) is 0.158. The lowest BCUT2D eigenvalue weighted by Crippen LogP contribution is -2.35. The zero-order valence-electron chi connectivity index (χ0n) is 14.2. The molecule has 7 nitrogen and oxygen atoms in total. The van der Waals surface area contributed by atoms with E-state index >= 15 is 0 Å². The summed E-state index contributed by atoms with van der Waals surface area (Å²) in [7, 11) is 0. The van der Waals surface area contributed by atoms with Crippen LogP contribution in [0.5, 0.6) is 0 Å². The van der Waals surface area contributed by atoms with Crippen molar-refractivity contribution in [2.24, 2.45) is 0 Å². The number of amides is 2. The van der Waals surface area contributed by atoms with E-state index in [0.29, 0.717) is 18.8 Å². The van der Waals surface area contributed by atoms with Gasteiger partial charge in [-0.05, 0) is 30.3 Å². The van der Waals surface area contributed by atoms with E-state index in [1.807, 2.05) is 36.4 Å². The number of rotatable bonds is 3. The molecule has 0 unspecified atom stereocenters. The first-order valence-corrected chi connectivity index (χ1v) is 8.31.